The Morgan fingerprint density at radius 3 is 2.79 bits per heavy atom. The van der Waals surface area contributed by atoms with Gasteiger partial charge in [0.05, 0.1) is 16.7 Å². The zero-order valence-electron chi connectivity index (χ0n) is 15.4. The first-order valence-corrected chi connectivity index (χ1v) is 8.71. The molecule has 2 heterocycles. The minimum atomic E-state index is -0.755. The van der Waals surface area contributed by atoms with Crippen LogP contribution >= 0.6 is 0 Å². The van der Waals surface area contributed by atoms with Gasteiger partial charge in [-0.15, -0.1) is 0 Å². The number of rotatable bonds is 8. The number of aromatic nitrogens is 2. The molecule has 0 saturated heterocycles. The summed E-state index contributed by atoms with van der Waals surface area (Å²) in [6, 6.07) is 6.64. The summed E-state index contributed by atoms with van der Waals surface area (Å²) in [4.78, 5) is 42.6. The van der Waals surface area contributed by atoms with Crippen LogP contribution in [-0.4, -0.2) is 45.8 Å². The van der Waals surface area contributed by atoms with Crippen molar-refractivity contribution in [1.29, 1.82) is 0 Å². The summed E-state index contributed by atoms with van der Waals surface area (Å²) in [5.41, 5.74) is 0.496. The molecule has 1 aromatic carbocycles. The van der Waals surface area contributed by atoms with E-state index in [2.05, 4.69) is 25.9 Å². The van der Waals surface area contributed by atoms with Crippen LogP contribution in [0.3, 0.4) is 0 Å². The number of nitro benzene ring substituents is 1. The first-order chi connectivity index (χ1) is 14.0. The highest BCUT2D eigenvalue weighted by molar-refractivity contribution is 5.95. The first kappa shape index (κ1) is 19.7. The molecule has 0 bridgehead atoms. The van der Waals surface area contributed by atoms with E-state index in [1.807, 2.05) is 0 Å². The SMILES string of the molecule is C[C@H](NC(=O)c1ccco1)C(=O)NCCNc1ncnc2ccc([N+](=O)[O-])cc12. The molecule has 11 nitrogen and oxygen atoms in total. The van der Waals surface area contributed by atoms with Crippen LogP contribution in [0, 0.1) is 10.1 Å². The van der Waals surface area contributed by atoms with Crippen molar-refractivity contribution in [2.24, 2.45) is 0 Å². The largest absolute Gasteiger partial charge is 0.459 e. The molecular weight excluding hydrogens is 380 g/mol. The Hall–Kier alpha value is -4.02. The maximum atomic E-state index is 12.1. The first-order valence-electron chi connectivity index (χ1n) is 8.71. The highest BCUT2D eigenvalue weighted by Crippen LogP contribution is 2.23. The molecule has 3 rings (SSSR count). The fraction of sp³-hybridized carbons (Fsp3) is 0.222. The summed E-state index contributed by atoms with van der Waals surface area (Å²) in [6.07, 6.45) is 2.72. The molecule has 11 heteroatoms. The Labute approximate surface area is 164 Å². The van der Waals surface area contributed by atoms with Crippen LogP contribution in [0.2, 0.25) is 0 Å². The van der Waals surface area contributed by atoms with Crippen LogP contribution in [0.4, 0.5) is 11.5 Å². The topological polar surface area (TPSA) is 152 Å². The second kappa shape index (κ2) is 8.78. The summed E-state index contributed by atoms with van der Waals surface area (Å²) < 4.78 is 4.97. The summed E-state index contributed by atoms with van der Waals surface area (Å²) in [6.45, 7) is 2.13. The van der Waals surface area contributed by atoms with Gasteiger partial charge >= 0.3 is 0 Å². The molecule has 150 valence electrons. The Bertz CT molecular complexity index is 1040. The number of nitrogens with zero attached hydrogens (tertiary/aromatic N) is 3. The lowest BCUT2D eigenvalue weighted by Crippen LogP contribution is -2.45. The quantitative estimate of drug-likeness (QED) is 0.293. The molecule has 0 aliphatic rings. The maximum Gasteiger partial charge on any atom is 0.287 e. The van der Waals surface area contributed by atoms with Gasteiger partial charge in [0.2, 0.25) is 5.91 Å². The molecule has 2 amide bonds. The van der Waals surface area contributed by atoms with Crippen molar-refractivity contribution in [3.8, 4) is 0 Å². The van der Waals surface area contributed by atoms with E-state index < -0.39 is 16.9 Å². The second-order valence-corrected chi connectivity index (χ2v) is 6.07. The highest BCUT2D eigenvalue weighted by atomic mass is 16.6. The van der Waals surface area contributed by atoms with Crippen LogP contribution in [0.25, 0.3) is 10.9 Å². The molecule has 0 spiro atoms. The number of benzene rings is 1. The summed E-state index contributed by atoms with van der Waals surface area (Å²) >= 11 is 0. The van der Waals surface area contributed by atoms with E-state index in [1.54, 1.807) is 19.1 Å². The number of nitrogens with one attached hydrogen (secondary N) is 3. The van der Waals surface area contributed by atoms with Crippen molar-refractivity contribution >= 4 is 34.2 Å². The second-order valence-electron chi connectivity index (χ2n) is 6.07. The summed E-state index contributed by atoms with van der Waals surface area (Å²) in [7, 11) is 0. The lowest BCUT2D eigenvalue weighted by atomic mass is 10.2. The Balaban J connectivity index is 1.52. The number of hydrogen-bond acceptors (Lipinski definition) is 8. The van der Waals surface area contributed by atoms with Gasteiger partial charge in [0, 0.05) is 30.6 Å². The number of anilines is 1. The van der Waals surface area contributed by atoms with Gasteiger partial charge in [-0.05, 0) is 25.1 Å². The Kier molecular flexibility index (Phi) is 5.97. The predicted octanol–water partition coefficient (Wildman–Crippen LogP) is 1.48. The molecule has 3 aromatic rings. The van der Waals surface area contributed by atoms with Crippen molar-refractivity contribution in [1.82, 2.24) is 20.6 Å². The number of carbonyl (C=O) groups excluding carboxylic acids is 2. The number of hydrogen-bond donors (Lipinski definition) is 3. The lowest BCUT2D eigenvalue weighted by molar-refractivity contribution is -0.384. The number of furan rings is 1. The minimum Gasteiger partial charge on any atom is -0.459 e. The average molecular weight is 398 g/mol. The molecule has 0 aliphatic heterocycles. The monoisotopic (exact) mass is 398 g/mol. The van der Waals surface area contributed by atoms with Crippen molar-refractivity contribution in [2.75, 3.05) is 18.4 Å². The molecule has 1 atom stereocenters. The highest BCUT2D eigenvalue weighted by Gasteiger charge is 2.17. The van der Waals surface area contributed by atoms with Gasteiger partial charge in [-0.25, -0.2) is 9.97 Å². The van der Waals surface area contributed by atoms with E-state index in [4.69, 9.17) is 4.42 Å². The third-order valence-electron chi connectivity index (χ3n) is 4.03. The maximum absolute atomic E-state index is 12.1. The predicted molar refractivity (Wildman–Crippen MR) is 103 cm³/mol. The molecule has 0 unspecified atom stereocenters. The minimum absolute atomic E-state index is 0.0650. The molecule has 0 fully saturated rings. The van der Waals surface area contributed by atoms with Gasteiger partial charge in [0.15, 0.2) is 5.76 Å². The van der Waals surface area contributed by atoms with E-state index in [1.165, 1.54) is 30.8 Å². The number of fused-ring (bicyclic) bond motifs is 1. The molecule has 0 saturated carbocycles. The average Bonchev–Trinajstić information content (AvgIpc) is 3.25. The third kappa shape index (κ3) is 4.83. The van der Waals surface area contributed by atoms with Gasteiger partial charge in [-0.3, -0.25) is 19.7 Å². The number of amides is 2. The van der Waals surface area contributed by atoms with E-state index in [9.17, 15) is 19.7 Å². The smallest absolute Gasteiger partial charge is 0.287 e. The number of nitro groups is 1. The Morgan fingerprint density at radius 1 is 1.24 bits per heavy atom. The molecule has 0 aliphatic carbocycles. The zero-order chi connectivity index (χ0) is 20.8. The van der Waals surface area contributed by atoms with E-state index in [0.717, 1.165) is 0 Å². The lowest BCUT2D eigenvalue weighted by Gasteiger charge is -2.14. The van der Waals surface area contributed by atoms with Crippen LogP contribution in [0.5, 0.6) is 0 Å². The van der Waals surface area contributed by atoms with Gasteiger partial charge < -0.3 is 20.4 Å². The van der Waals surface area contributed by atoms with Gasteiger partial charge in [-0.2, -0.15) is 0 Å². The summed E-state index contributed by atoms with van der Waals surface area (Å²) in [5.74, 6) is -0.303. The van der Waals surface area contributed by atoms with Crippen LogP contribution in [0.15, 0.2) is 47.3 Å². The van der Waals surface area contributed by atoms with Crippen molar-refractivity contribution in [2.45, 2.75) is 13.0 Å². The fourth-order valence-electron chi connectivity index (χ4n) is 2.56. The Morgan fingerprint density at radius 2 is 2.07 bits per heavy atom. The van der Waals surface area contributed by atoms with Crippen molar-refractivity contribution in [3.05, 3.63) is 58.8 Å². The molecule has 29 heavy (non-hydrogen) atoms. The van der Waals surface area contributed by atoms with E-state index in [-0.39, 0.29) is 23.9 Å². The number of non-ortho nitro benzene ring substituents is 1. The van der Waals surface area contributed by atoms with Crippen LogP contribution in [-0.2, 0) is 4.79 Å². The zero-order valence-corrected chi connectivity index (χ0v) is 15.4. The third-order valence-corrected chi connectivity index (χ3v) is 4.03. The van der Waals surface area contributed by atoms with Crippen molar-refractivity contribution < 1.29 is 18.9 Å². The number of carbonyl (C=O) groups is 2. The van der Waals surface area contributed by atoms with E-state index in [0.29, 0.717) is 23.3 Å². The van der Waals surface area contributed by atoms with Gasteiger partial charge in [-0.1, -0.05) is 0 Å². The standard InChI is InChI=1S/C18H18N6O5/c1-11(23-18(26)15-3-2-8-29-15)17(25)20-7-6-19-16-13-9-12(24(27)28)4-5-14(13)21-10-22-16/h2-5,8-11H,6-7H2,1H3,(H,20,25)(H,23,26)(H,19,21,22)/t11-/m0/s1. The molecule has 0 radical (unpaired) electrons. The summed E-state index contributed by atoms with van der Waals surface area (Å²) in [5, 5.41) is 19.7. The van der Waals surface area contributed by atoms with Gasteiger partial charge in [0.1, 0.15) is 18.2 Å². The van der Waals surface area contributed by atoms with Crippen molar-refractivity contribution in [3.63, 3.8) is 0 Å². The fourth-order valence-corrected chi connectivity index (χ4v) is 2.56. The van der Waals surface area contributed by atoms with Gasteiger partial charge in [0.25, 0.3) is 11.6 Å². The van der Waals surface area contributed by atoms with Crippen LogP contribution in [0.1, 0.15) is 17.5 Å². The molecular formula is C18H18N6O5. The van der Waals surface area contributed by atoms with E-state index >= 15 is 0 Å². The molecule has 3 N–H and O–H groups in total. The molecule has 2 aromatic heterocycles. The van der Waals surface area contributed by atoms with Crippen LogP contribution < -0.4 is 16.0 Å². The normalized spacial score (nSPS) is 11.6.